The van der Waals surface area contributed by atoms with Crippen LogP contribution in [0.2, 0.25) is 4.34 Å². The summed E-state index contributed by atoms with van der Waals surface area (Å²) in [6.45, 7) is 0. The number of hydrazine groups is 1. The number of thiophene rings is 1. The Hall–Kier alpha value is -0.810. The van der Waals surface area contributed by atoms with Gasteiger partial charge < -0.3 is 4.98 Å². The Labute approximate surface area is 90.9 Å². The van der Waals surface area contributed by atoms with E-state index < -0.39 is 0 Å². The highest BCUT2D eigenvalue weighted by Gasteiger charge is 2.14. The molecule has 0 amide bonds. The van der Waals surface area contributed by atoms with Crippen molar-refractivity contribution in [2.24, 2.45) is 5.84 Å². The highest BCUT2D eigenvalue weighted by Crippen LogP contribution is 2.29. The van der Waals surface area contributed by atoms with Gasteiger partial charge in [-0.3, -0.25) is 5.84 Å². The van der Waals surface area contributed by atoms with E-state index in [9.17, 15) is 0 Å². The van der Waals surface area contributed by atoms with Gasteiger partial charge in [0, 0.05) is 16.8 Å². The van der Waals surface area contributed by atoms with Gasteiger partial charge in [0.05, 0.1) is 10.4 Å². The maximum atomic E-state index is 5.86. The molecule has 2 rings (SSSR count). The molecule has 1 atom stereocenters. The van der Waals surface area contributed by atoms with Crippen molar-refractivity contribution in [2.75, 3.05) is 0 Å². The number of H-pyrrole nitrogens is 1. The molecule has 14 heavy (non-hydrogen) atoms. The Balaban J connectivity index is 2.31. The molecule has 0 aliphatic rings. The van der Waals surface area contributed by atoms with Crippen molar-refractivity contribution >= 4 is 22.9 Å². The summed E-state index contributed by atoms with van der Waals surface area (Å²) in [4.78, 5) is 4.21. The van der Waals surface area contributed by atoms with Crippen LogP contribution in [0, 0.1) is 0 Å². The van der Waals surface area contributed by atoms with E-state index in [0.717, 1.165) is 14.9 Å². The fourth-order valence-corrected chi connectivity index (χ4v) is 2.47. The Bertz CT molecular complexity index is 396. The van der Waals surface area contributed by atoms with Crippen LogP contribution in [0.5, 0.6) is 0 Å². The van der Waals surface area contributed by atoms with Gasteiger partial charge >= 0.3 is 0 Å². The van der Waals surface area contributed by atoms with Crippen molar-refractivity contribution in [1.29, 1.82) is 0 Å². The van der Waals surface area contributed by atoms with Gasteiger partial charge in [-0.2, -0.15) is 0 Å². The van der Waals surface area contributed by atoms with E-state index in [0.29, 0.717) is 0 Å². The molecule has 0 saturated heterocycles. The second kappa shape index (κ2) is 4.14. The standard InChI is InChI=1S/C9H10ClN3S/c10-8-4-3-7(14-8)9(13-11)6-2-1-5-12-6/h1-5,9,12-13H,11H2. The number of rotatable bonds is 3. The number of hydrogen-bond donors (Lipinski definition) is 3. The van der Waals surface area contributed by atoms with Crippen LogP contribution in [0.3, 0.4) is 0 Å². The van der Waals surface area contributed by atoms with Gasteiger partial charge in [-0.25, -0.2) is 5.43 Å². The first-order chi connectivity index (χ1) is 6.81. The molecule has 0 aliphatic heterocycles. The molecule has 74 valence electrons. The molecule has 2 aromatic heterocycles. The third-order valence-corrected chi connectivity index (χ3v) is 3.27. The lowest BCUT2D eigenvalue weighted by Gasteiger charge is -2.11. The van der Waals surface area contributed by atoms with Crippen LogP contribution in [0.1, 0.15) is 16.6 Å². The van der Waals surface area contributed by atoms with Gasteiger partial charge in [-0.05, 0) is 24.3 Å². The monoisotopic (exact) mass is 227 g/mol. The maximum Gasteiger partial charge on any atom is 0.0951 e. The van der Waals surface area contributed by atoms with Crippen LogP contribution in [0.25, 0.3) is 0 Å². The van der Waals surface area contributed by atoms with E-state index >= 15 is 0 Å². The van der Waals surface area contributed by atoms with Crippen molar-refractivity contribution in [2.45, 2.75) is 6.04 Å². The molecular weight excluding hydrogens is 218 g/mol. The molecule has 0 saturated carbocycles. The highest BCUT2D eigenvalue weighted by molar-refractivity contribution is 7.16. The summed E-state index contributed by atoms with van der Waals surface area (Å²) in [5.41, 5.74) is 3.79. The van der Waals surface area contributed by atoms with Gasteiger partial charge in [0.25, 0.3) is 0 Å². The normalized spacial score (nSPS) is 13.0. The third kappa shape index (κ3) is 1.83. The Morgan fingerprint density at radius 2 is 2.29 bits per heavy atom. The van der Waals surface area contributed by atoms with E-state index in [2.05, 4.69) is 10.4 Å². The average molecular weight is 228 g/mol. The van der Waals surface area contributed by atoms with Gasteiger partial charge in [0.15, 0.2) is 0 Å². The number of aromatic nitrogens is 1. The molecule has 4 N–H and O–H groups in total. The summed E-state index contributed by atoms with van der Waals surface area (Å²) in [5.74, 6) is 5.50. The topological polar surface area (TPSA) is 53.8 Å². The molecular formula is C9H10ClN3S. The minimum absolute atomic E-state index is 0.0116. The van der Waals surface area contributed by atoms with E-state index in [1.165, 1.54) is 11.3 Å². The van der Waals surface area contributed by atoms with Gasteiger partial charge in [0.1, 0.15) is 0 Å². The number of nitrogens with two attached hydrogens (primary N) is 1. The minimum atomic E-state index is -0.0116. The SMILES string of the molecule is NNC(c1ccc[nH]1)c1ccc(Cl)s1. The lowest BCUT2D eigenvalue weighted by atomic mass is 10.2. The average Bonchev–Trinajstić information content (AvgIpc) is 2.79. The van der Waals surface area contributed by atoms with Crippen LogP contribution >= 0.6 is 22.9 Å². The maximum absolute atomic E-state index is 5.86. The summed E-state index contributed by atoms with van der Waals surface area (Å²) < 4.78 is 0.770. The molecule has 0 aliphatic carbocycles. The van der Waals surface area contributed by atoms with Gasteiger partial charge in [-0.1, -0.05) is 11.6 Å². The second-order valence-corrected chi connectivity index (χ2v) is 4.61. The van der Waals surface area contributed by atoms with Crippen molar-refractivity contribution in [3.8, 4) is 0 Å². The first-order valence-corrected chi connectivity index (χ1v) is 5.35. The number of nitrogens with one attached hydrogen (secondary N) is 2. The molecule has 3 nitrogen and oxygen atoms in total. The zero-order valence-corrected chi connectivity index (χ0v) is 8.90. The van der Waals surface area contributed by atoms with Crippen LogP contribution in [0.15, 0.2) is 30.5 Å². The summed E-state index contributed by atoms with van der Waals surface area (Å²) in [7, 11) is 0. The van der Waals surface area contributed by atoms with E-state index in [1.54, 1.807) is 0 Å². The molecule has 0 radical (unpaired) electrons. The van der Waals surface area contributed by atoms with Crippen molar-refractivity contribution in [1.82, 2.24) is 10.4 Å². The van der Waals surface area contributed by atoms with Crippen molar-refractivity contribution < 1.29 is 0 Å². The van der Waals surface area contributed by atoms with Gasteiger partial charge in [-0.15, -0.1) is 11.3 Å². The molecule has 2 heterocycles. The summed E-state index contributed by atoms with van der Waals surface area (Å²) in [6, 6.07) is 7.75. The predicted octanol–water partition coefficient (Wildman–Crippen LogP) is 2.28. The summed E-state index contributed by atoms with van der Waals surface area (Å²) in [5, 5.41) is 0. The second-order valence-electron chi connectivity index (χ2n) is 2.87. The molecule has 0 bridgehead atoms. The number of aromatic amines is 1. The van der Waals surface area contributed by atoms with E-state index in [4.69, 9.17) is 17.4 Å². The first kappa shape index (κ1) is 9.73. The summed E-state index contributed by atoms with van der Waals surface area (Å²) in [6.07, 6.45) is 1.87. The number of hydrogen-bond acceptors (Lipinski definition) is 3. The fraction of sp³-hybridized carbons (Fsp3) is 0.111. The molecule has 0 aromatic carbocycles. The van der Waals surface area contributed by atoms with Crippen molar-refractivity contribution in [3.63, 3.8) is 0 Å². The van der Waals surface area contributed by atoms with Gasteiger partial charge in [0.2, 0.25) is 0 Å². The van der Waals surface area contributed by atoms with Crippen LogP contribution in [0.4, 0.5) is 0 Å². The molecule has 2 aromatic rings. The Morgan fingerprint density at radius 1 is 1.43 bits per heavy atom. The quantitative estimate of drug-likeness (QED) is 0.557. The Morgan fingerprint density at radius 3 is 2.79 bits per heavy atom. The lowest BCUT2D eigenvalue weighted by Crippen LogP contribution is -2.28. The van der Waals surface area contributed by atoms with E-state index in [-0.39, 0.29) is 6.04 Å². The first-order valence-electron chi connectivity index (χ1n) is 4.16. The smallest absolute Gasteiger partial charge is 0.0951 e. The highest BCUT2D eigenvalue weighted by atomic mass is 35.5. The molecule has 1 unspecified atom stereocenters. The third-order valence-electron chi connectivity index (χ3n) is 1.98. The van der Waals surface area contributed by atoms with E-state index in [1.807, 2.05) is 30.5 Å². The molecule has 5 heteroatoms. The number of halogens is 1. The molecule has 0 spiro atoms. The summed E-state index contributed by atoms with van der Waals surface area (Å²) >= 11 is 7.38. The Kier molecular flexibility index (Phi) is 2.88. The fourth-order valence-electron chi connectivity index (χ4n) is 1.33. The zero-order chi connectivity index (χ0) is 9.97. The zero-order valence-electron chi connectivity index (χ0n) is 7.33. The predicted molar refractivity (Wildman–Crippen MR) is 59.3 cm³/mol. The van der Waals surface area contributed by atoms with Crippen LogP contribution < -0.4 is 11.3 Å². The van der Waals surface area contributed by atoms with Crippen LogP contribution in [-0.2, 0) is 0 Å². The van der Waals surface area contributed by atoms with Crippen molar-refractivity contribution in [3.05, 3.63) is 45.4 Å². The van der Waals surface area contributed by atoms with Crippen LogP contribution in [-0.4, -0.2) is 4.98 Å². The lowest BCUT2D eigenvalue weighted by molar-refractivity contribution is 0.633. The largest absolute Gasteiger partial charge is 0.363 e. The minimum Gasteiger partial charge on any atom is -0.363 e. The molecule has 0 fully saturated rings.